The monoisotopic (exact) mass is 733 g/mol. The van der Waals surface area contributed by atoms with Crippen molar-refractivity contribution in [1.82, 2.24) is 9.97 Å². The molecule has 4 aromatic carbocycles. The third-order valence-electron chi connectivity index (χ3n) is 9.83. The van der Waals surface area contributed by atoms with E-state index in [1.807, 2.05) is 12.1 Å². The largest absolute Gasteiger partial charge is 0.311 e. The Morgan fingerprint density at radius 2 is 1.00 bits per heavy atom. The van der Waals surface area contributed by atoms with E-state index in [4.69, 9.17) is 9.97 Å². The first-order valence-corrected chi connectivity index (χ1v) is 20.8. The van der Waals surface area contributed by atoms with Gasteiger partial charge in [0, 0.05) is 42.8 Å². The van der Waals surface area contributed by atoms with E-state index < -0.39 is 0 Å². The third-order valence-corrected chi connectivity index (χ3v) is 12.0. The van der Waals surface area contributed by atoms with E-state index in [1.165, 1.54) is 65.2 Å². The van der Waals surface area contributed by atoms with Crippen LogP contribution in [0.1, 0.15) is 86.3 Å². The van der Waals surface area contributed by atoms with Gasteiger partial charge in [0.1, 0.15) is 0 Å². The smallest absolute Gasteiger partial charge is 0.160 e. The summed E-state index contributed by atoms with van der Waals surface area (Å²) < 4.78 is 0. The normalized spacial score (nSPS) is 11.3. The highest BCUT2D eigenvalue weighted by atomic mass is 32.1. The summed E-state index contributed by atoms with van der Waals surface area (Å²) in [5.74, 6) is 0. The van der Waals surface area contributed by atoms with Crippen molar-refractivity contribution < 1.29 is 4.79 Å². The first kappa shape index (κ1) is 36.4. The van der Waals surface area contributed by atoms with Crippen molar-refractivity contribution in [2.75, 3.05) is 4.90 Å². The van der Waals surface area contributed by atoms with Gasteiger partial charge in [-0.1, -0.05) is 113 Å². The van der Waals surface area contributed by atoms with Crippen molar-refractivity contribution in [2.24, 2.45) is 0 Å². The van der Waals surface area contributed by atoms with Crippen LogP contribution in [0.5, 0.6) is 0 Å². The van der Waals surface area contributed by atoms with Crippen LogP contribution in [0, 0.1) is 0 Å². The molecule has 7 rings (SSSR count). The molecule has 0 unspecified atom stereocenters. The van der Waals surface area contributed by atoms with E-state index in [2.05, 4.69) is 128 Å². The highest BCUT2D eigenvalue weighted by Gasteiger charge is 2.19. The number of hydrogen-bond acceptors (Lipinski definition) is 6. The molecule has 6 heteroatoms. The highest BCUT2D eigenvalue weighted by molar-refractivity contribution is 7.19. The summed E-state index contributed by atoms with van der Waals surface area (Å²) in [5.41, 5.74) is 10.9. The number of aromatic nitrogens is 2. The van der Waals surface area contributed by atoms with E-state index in [9.17, 15) is 4.79 Å². The lowest BCUT2D eigenvalue weighted by Gasteiger charge is -2.25. The maximum Gasteiger partial charge on any atom is 0.160 e. The minimum atomic E-state index is 0.724. The van der Waals surface area contributed by atoms with Crippen molar-refractivity contribution in [3.63, 3.8) is 0 Å². The van der Waals surface area contributed by atoms with Crippen molar-refractivity contribution in [1.29, 1.82) is 0 Å². The molecule has 3 aromatic heterocycles. The summed E-state index contributed by atoms with van der Waals surface area (Å²) in [6.45, 7) is 4.52. The van der Waals surface area contributed by atoms with Crippen LogP contribution in [0.3, 0.4) is 0 Å². The first-order chi connectivity index (χ1) is 26.2. The average molecular weight is 734 g/mol. The van der Waals surface area contributed by atoms with Crippen molar-refractivity contribution in [3.05, 3.63) is 138 Å². The Hall–Kier alpha value is -4.91. The molecule has 0 saturated carbocycles. The van der Waals surface area contributed by atoms with Crippen LogP contribution in [0.2, 0.25) is 0 Å². The molecule has 53 heavy (non-hydrogen) atoms. The number of nitrogens with zero attached hydrogens (tertiary/aromatic N) is 3. The maximum atomic E-state index is 11.7. The second kappa shape index (κ2) is 17.7. The SMILES string of the molecule is CCCCCCc1nc2c(-c3ccc(C=O)s3)ccc(-c3ccc(-c4ccc(N(c5ccccc5)c5ccccc5)cc4)s3)c2nc1CCCCCC. The number of carbonyl (C=O) groups is 1. The zero-order chi connectivity index (χ0) is 36.4. The number of carbonyl (C=O) groups excluding carboxylic acids is 1. The third kappa shape index (κ3) is 8.51. The van der Waals surface area contributed by atoms with Crippen molar-refractivity contribution in [3.8, 4) is 31.3 Å². The maximum absolute atomic E-state index is 11.7. The van der Waals surface area contributed by atoms with Gasteiger partial charge >= 0.3 is 0 Å². The molecule has 0 aliphatic heterocycles. The summed E-state index contributed by atoms with van der Waals surface area (Å²) >= 11 is 3.32. The Morgan fingerprint density at radius 1 is 0.509 bits per heavy atom. The fourth-order valence-electron chi connectivity index (χ4n) is 7.02. The summed E-state index contributed by atoms with van der Waals surface area (Å²) in [5, 5.41) is 0. The van der Waals surface area contributed by atoms with Crippen LogP contribution in [0.15, 0.2) is 121 Å². The molecule has 4 nitrogen and oxygen atoms in total. The zero-order valence-electron chi connectivity index (χ0n) is 30.8. The van der Waals surface area contributed by atoms with Crippen LogP contribution in [0.4, 0.5) is 17.1 Å². The Kier molecular flexibility index (Phi) is 12.2. The van der Waals surface area contributed by atoms with E-state index >= 15 is 0 Å². The molecule has 0 bridgehead atoms. The quantitative estimate of drug-likeness (QED) is 0.0690. The predicted molar refractivity (Wildman–Crippen MR) is 227 cm³/mol. The molecule has 0 atom stereocenters. The van der Waals surface area contributed by atoms with E-state index in [0.29, 0.717) is 0 Å². The van der Waals surface area contributed by atoms with Crippen LogP contribution < -0.4 is 4.90 Å². The number of unbranched alkanes of at least 4 members (excludes halogenated alkanes) is 6. The Bertz CT molecular complexity index is 2200. The molecule has 0 spiro atoms. The lowest BCUT2D eigenvalue weighted by atomic mass is 10.0. The van der Waals surface area contributed by atoms with E-state index in [1.54, 1.807) is 11.3 Å². The van der Waals surface area contributed by atoms with Gasteiger partial charge < -0.3 is 4.90 Å². The number of rotatable bonds is 17. The predicted octanol–water partition coefficient (Wildman–Crippen LogP) is 14.3. The van der Waals surface area contributed by atoms with Gasteiger partial charge in [-0.3, -0.25) is 4.79 Å². The minimum absolute atomic E-state index is 0.724. The minimum Gasteiger partial charge on any atom is -0.311 e. The number of benzene rings is 4. The van der Waals surface area contributed by atoms with Gasteiger partial charge in [0.05, 0.1) is 27.3 Å². The van der Waals surface area contributed by atoms with Crippen molar-refractivity contribution >= 4 is 57.1 Å². The summed E-state index contributed by atoms with van der Waals surface area (Å²) in [7, 11) is 0. The second-order valence-corrected chi connectivity index (χ2v) is 15.8. The molecule has 268 valence electrons. The summed E-state index contributed by atoms with van der Waals surface area (Å²) in [6, 6.07) is 42.7. The number of hydrogen-bond donors (Lipinski definition) is 0. The molecule has 0 N–H and O–H groups in total. The molecule has 7 aromatic rings. The van der Waals surface area contributed by atoms with Gasteiger partial charge in [-0.25, -0.2) is 9.97 Å². The fraction of sp³-hybridized carbons (Fsp3) is 0.255. The second-order valence-electron chi connectivity index (χ2n) is 13.6. The number of anilines is 3. The van der Waals surface area contributed by atoms with Crippen LogP contribution in [-0.2, 0) is 12.8 Å². The Labute approximate surface area is 322 Å². The highest BCUT2D eigenvalue weighted by Crippen LogP contribution is 2.42. The number of para-hydroxylation sites is 2. The molecular formula is C47H47N3OS2. The number of aryl methyl sites for hydroxylation is 2. The molecule has 0 aliphatic rings. The van der Waals surface area contributed by atoms with Crippen LogP contribution in [0.25, 0.3) is 42.4 Å². The van der Waals surface area contributed by atoms with Gasteiger partial charge in [-0.2, -0.15) is 0 Å². The number of thiophene rings is 2. The molecule has 0 amide bonds. The van der Waals surface area contributed by atoms with Gasteiger partial charge in [0.25, 0.3) is 0 Å². The number of fused-ring (bicyclic) bond motifs is 1. The van der Waals surface area contributed by atoms with Gasteiger partial charge in [-0.15, -0.1) is 22.7 Å². The Balaban J connectivity index is 1.26. The topological polar surface area (TPSA) is 46.1 Å². The zero-order valence-corrected chi connectivity index (χ0v) is 32.4. The summed E-state index contributed by atoms with van der Waals surface area (Å²) in [6.07, 6.45) is 12.4. The lowest BCUT2D eigenvalue weighted by Crippen LogP contribution is -2.09. The molecular weight excluding hydrogens is 687 g/mol. The average Bonchev–Trinajstić information content (AvgIpc) is 3.90. The van der Waals surface area contributed by atoms with Gasteiger partial charge in [-0.05, 0) is 91.9 Å². The fourth-order valence-corrected chi connectivity index (χ4v) is 8.90. The molecule has 0 aliphatic carbocycles. The van der Waals surface area contributed by atoms with Crippen LogP contribution >= 0.6 is 22.7 Å². The van der Waals surface area contributed by atoms with Gasteiger partial charge in [0.2, 0.25) is 0 Å². The molecule has 0 fully saturated rings. The molecule has 3 heterocycles. The van der Waals surface area contributed by atoms with Crippen molar-refractivity contribution in [2.45, 2.75) is 78.1 Å². The molecule has 0 radical (unpaired) electrons. The Morgan fingerprint density at radius 3 is 1.51 bits per heavy atom. The lowest BCUT2D eigenvalue weighted by molar-refractivity contribution is 0.112. The van der Waals surface area contributed by atoms with Gasteiger partial charge in [0.15, 0.2) is 6.29 Å². The van der Waals surface area contributed by atoms with Crippen LogP contribution in [-0.4, -0.2) is 16.3 Å². The first-order valence-electron chi connectivity index (χ1n) is 19.2. The number of aldehydes is 1. The summed E-state index contributed by atoms with van der Waals surface area (Å²) in [4.78, 5) is 29.1. The van der Waals surface area contributed by atoms with E-state index in [0.717, 1.165) is 92.3 Å². The van der Waals surface area contributed by atoms with E-state index in [-0.39, 0.29) is 0 Å². The molecule has 0 saturated heterocycles. The standard InChI is InChI=1S/C47H47N3OS2/c1-3-5-7-15-21-41-42(22-16-8-6-4-2)49-47-40(29-28-39(46(47)48-41)44-30-27-38(33-51)52-44)45-32-31-43(53-45)34-23-25-37(26-24-34)50(35-17-11-9-12-18-35)36-19-13-10-14-20-36/h9-14,17-20,23-33H,3-8,15-16,21-22H2,1-2H3.